The second kappa shape index (κ2) is 6.41. The van der Waals surface area contributed by atoms with Gasteiger partial charge in [0.05, 0.1) is 5.69 Å². The number of carbonyl (C=O) groups is 1. The smallest absolute Gasteiger partial charge is 0.227 e. The normalized spacial score (nSPS) is 16.5. The van der Waals surface area contributed by atoms with Gasteiger partial charge < -0.3 is 4.90 Å². The van der Waals surface area contributed by atoms with Gasteiger partial charge in [-0.25, -0.2) is 0 Å². The molecule has 0 aromatic carbocycles. The van der Waals surface area contributed by atoms with E-state index >= 15 is 0 Å². The molecule has 0 radical (unpaired) electrons. The zero-order chi connectivity index (χ0) is 12.1. The van der Waals surface area contributed by atoms with Crippen LogP contribution in [0.15, 0.2) is 11.4 Å². The van der Waals surface area contributed by atoms with Crippen LogP contribution in [0.4, 0.5) is 5.69 Å². The fourth-order valence-electron chi connectivity index (χ4n) is 2.20. The summed E-state index contributed by atoms with van der Waals surface area (Å²) < 4.78 is 0. The average molecular weight is 272 g/mol. The topological polar surface area (TPSA) is 20.3 Å². The van der Waals surface area contributed by atoms with Gasteiger partial charge in [0.1, 0.15) is 0 Å². The van der Waals surface area contributed by atoms with E-state index in [4.69, 9.17) is 11.6 Å². The number of unbranched alkanes of at least 4 members (excludes halogenated alkanes) is 1. The minimum atomic E-state index is 0.277. The van der Waals surface area contributed by atoms with E-state index in [-0.39, 0.29) is 5.91 Å². The highest BCUT2D eigenvalue weighted by atomic mass is 35.5. The Hall–Kier alpha value is -0.540. The molecule has 1 aliphatic rings. The van der Waals surface area contributed by atoms with Crippen molar-refractivity contribution in [2.24, 2.45) is 0 Å². The molecular formula is C13H18ClNOS. The van der Waals surface area contributed by atoms with Crippen molar-refractivity contribution in [3.05, 3.63) is 16.3 Å². The van der Waals surface area contributed by atoms with E-state index in [2.05, 4.69) is 11.4 Å². The maximum atomic E-state index is 12.1. The molecule has 0 bridgehead atoms. The lowest BCUT2D eigenvalue weighted by atomic mass is 10.1. The molecule has 0 fully saturated rings. The Morgan fingerprint density at radius 3 is 2.94 bits per heavy atom. The number of hydrogen-bond acceptors (Lipinski definition) is 2. The van der Waals surface area contributed by atoms with Gasteiger partial charge in [-0.2, -0.15) is 0 Å². The van der Waals surface area contributed by atoms with Gasteiger partial charge in [0.25, 0.3) is 0 Å². The van der Waals surface area contributed by atoms with Crippen LogP contribution in [0.1, 0.15) is 37.0 Å². The molecule has 0 spiro atoms. The summed E-state index contributed by atoms with van der Waals surface area (Å²) >= 11 is 7.46. The number of anilines is 1. The van der Waals surface area contributed by atoms with Crippen molar-refractivity contribution in [3.8, 4) is 0 Å². The van der Waals surface area contributed by atoms with Crippen LogP contribution in [0, 0.1) is 0 Å². The fourth-order valence-corrected chi connectivity index (χ4v) is 3.31. The van der Waals surface area contributed by atoms with Crippen molar-refractivity contribution in [1.29, 1.82) is 0 Å². The Balaban J connectivity index is 2.13. The zero-order valence-electron chi connectivity index (χ0n) is 9.95. The predicted octanol–water partition coefficient (Wildman–Crippen LogP) is 3.83. The molecule has 1 amide bonds. The van der Waals surface area contributed by atoms with Crippen molar-refractivity contribution in [3.63, 3.8) is 0 Å². The molecule has 0 N–H and O–H groups in total. The van der Waals surface area contributed by atoms with Crippen LogP contribution in [0.3, 0.4) is 0 Å². The third-order valence-corrected chi connectivity index (χ3v) is 4.36. The lowest BCUT2D eigenvalue weighted by Gasteiger charge is -2.25. The van der Waals surface area contributed by atoms with Crippen LogP contribution < -0.4 is 4.90 Å². The van der Waals surface area contributed by atoms with Crippen molar-refractivity contribution >= 4 is 34.5 Å². The van der Waals surface area contributed by atoms with Gasteiger partial charge in [-0.1, -0.05) is 0 Å². The summed E-state index contributed by atoms with van der Waals surface area (Å²) in [7, 11) is 0. The Bertz CT molecular complexity index is 377. The van der Waals surface area contributed by atoms with Crippen LogP contribution in [0.5, 0.6) is 0 Å². The summed E-state index contributed by atoms with van der Waals surface area (Å²) in [5.74, 6) is 0.956. The molecular weight excluding hydrogens is 254 g/mol. The number of carbonyl (C=O) groups excluding carboxylic acids is 1. The molecule has 94 valence electrons. The molecule has 2 heterocycles. The van der Waals surface area contributed by atoms with Crippen LogP contribution >= 0.6 is 22.9 Å². The Labute approximate surface area is 112 Å². The number of fused-ring (bicyclic) bond motifs is 1. The Morgan fingerprint density at radius 2 is 2.12 bits per heavy atom. The van der Waals surface area contributed by atoms with Gasteiger partial charge in [0, 0.05) is 23.7 Å². The van der Waals surface area contributed by atoms with Gasteiger partial charge in [-0.05, 0) is 43.6 Å². The fraction of sp³-hybridized carbons (Fsp3) is 0.615. The highest BCUT2D eigenvalue weighted by Crippen LogP contribution is 2.31. The first kappa shape index (κ1) is 12.9. The maximum Gasteiger partial charge on any atom is 0.227 e. The van der Waals surface area contributed by atoms with E-state index in [1.807, 2.05) is 4.90 Å². The van der Waals surface area contributed by atoms with Crippen LogP contribution in [0.25, 0.3) is 0 Å². The Kier molecular flexibility index (Phi) is 4.86. The monoisotopic (exact) mass is 271 g/mol. The molecule has 0 saturated carbocycles. The first-order valence-corrected chi connectivity index (χ1v) is 7.67. The van der Waals surface area contributed by atoms with Crippen molar-refractivity contribution in [2.75, 3.05) is 17.3 Å². The summed E-state index contributed by atoms with van der Waals surface area (Å²) in [6.07, 6.45) is 5.93. The lowest BCUT2D eigenvalue weighted by molar-refractivity contribution is -0.118. The average Bonchev–Trinajstić information content (AvgIpc) is 2.76. The molecule has 1 aromatic heterocycles. The van der Waals surface area contributed by atoms with E-state index in [0.29, 0.717) is 12.3 Å². The molecule has 0 saturated heterocycles. The van der Waals surface area contributed by atoms with Crippen molar-refractivity contribution < 1.29 is 4.79 Å². The molecule has 0 unspecified atom stereocenters. The first-order chi connectivity index (χ1) is 8.33. The molecule has 1 aliphatic heterocycles. The molecule has 1 aromatic rings. The number of rotatable bonds is 4. The van der Waals surface area contributed by atoms with Crippen LogP contribution in [0.2, 0.25) is 0 Å². The minimum absolute atomic E-state index is 0.277. The number of aryl methyl sites for hydroxylation is 1. The second-order valence-corrected chi connectivity index (χ2v) is 5.76. The van der Waals surface area contributed by atoms with Gasteiger partial charge in [-0.15, -0.1) is 22.9 Å². The van der Waals surface area contributed by atoms with Gasteiger partial charge in [0.15, 0.2) is 0 Å². The number of amides is 1. The predicted molar refractivity (Wildman–Crippen MR) is 74.2 cm³/mol. The van der Waals surface area contributed by atoms with Crippen LogP contribution in [-0.4, -0.2) is 18.3 Å². The molecule has 2 nitrogen and oxygen atoms in total. The summed E-state index contributed by atoms with van der Waals surface area (Å²) in [6, 6.07) is 2.09. The molecule has 17 heavy (non-hydrogen) atoms. The van der Waals surface area contributed by atoms with Crippen molar-refractivity contribution in [2.45, 2.75) is 38.5 Å². The third kappa shape index (κ3) is 3.23. The molecule has 2 rings (SSSR count). The second-order valence-electron chi connectivity index (χ2n) is 4.38. The molecule has 0 atom stereocenters. The van der Waals surface area contributed by atoms with E-state index in [9.17, 15) is 4.79 Å². The number of thiophene rings is 1. The maximum absolute atomic E-state index is 12.1. The van der Waals surface area contributed by atoms with Gasteiger partial charge in [-0.3, -0.25) is 4.79 Å². The summed E-state index contributed by atoms with van der Waals surface area (Å²) in [4.78, 5) is 15.5. The SMILES string of the molecule is O=C1CCCCc2sccc2N1CCCCCl. The number of halogens is 1. The largest absolute Gasteiger partial charge is 0.311 e. The lowest BCUT2D eigenvalue weighted by Crippen LogP contribution is -2.33. The quantitative estimate of drug-likeness (QED) is 0.602. The third-order valence-electron chi connectivity index (χ3n) is 3.12. The summed E-state index contributed by atoms with van der Waals surface area (Å²) in [5.41, 5.74) is 1.15. The highest BCUT2D eigenvalue weighted by molar-refractivity contribution is 7.10. The zero-order valence-corrected chi connectivity index (χ0v) is 11.5. The van der Waals surface area contributed by atoms with Crippen molar-refractivity contribution in [1.82, 2.24) is 0 Å². The van der Waals surface area contributed by atoms with Gasteiger partial charge in [0.2, 0.25) is 5.91 Å². The van der Waals surface area contributed by atoms with E-state index in [1.165, 1.54) is 4.88 Å². The van der Waals surface area contributed by atoms with E-state index in [0.717, 1.165) is 44.3 Å². The van der Waals surface area contributed by atoms with Gasteiger partial charge >= 0.3 is 0 Å². The number of nitrogens with zero attached hydrogens (tertiary/aromatic N) is 1. The van der Waals surface area contributed by atoms with E-state index < -0.39 is 0 Å². The first-order valence-electron chi connectivity index (χ1n) is 6.25. The number of alkyl halides is 1. The summed E-state index contributed by atoms with van der Waals surface area (Å²) in [6.45, 7) is 0.815. The Morgan fingerprint density at radius 1 is 1.29 bits per heavy atom. The molecule has 4 heteroatoms. The highest BCUT2D eigenvalue weighted by Gasteiger charge is 2.21. The minimum Gasteiger partial charge on any atom is -0.311 e. The van der Waals surface area contributed by atoms with Crippen LogP contribution in [-0.2, 0) is 11.2 Å². The number of hydrogen-bond donors (Lipinski definition) is 0. The standard InChI is InChI=1S/C13H18ClNOS/c14-8-3-4-9-15-11-7-10-17-12(11)5-1-2-6-13(15)16/h7,10H,1-6,8-9H2. The summed E-state index contributed by atoms with van der Waals surface area (Å²) in [5, 5.41) is 2.10. The van der Waals surface area contributed by atoms with E-state index in [1.54, 1.807) is 11.3 Å². The molecule has 0 aliphatic carbocycles.